The highest BCUT2D eigenvalue weighted by Crippen LogP contribution is 2.30. The molecular formula is C17H21NS. The Bertz CT molecular complexity index is 484. The van der Waals surface area contributed by atoms with Crippen molar-refractivity contribution in [1.82, 2.24) is 5.32 Å². The molecule has 0 spiro atoms. The van der Waals surface area contributed by atoms with Crippen LogP contribution in [0.3, 0.4) is 0 Å². The van der Waals surface area contributed by atoms with E-state index in [9.17, 15) is 0 Å². The lowest BCUT2D eigenvalue weighted by Gasteiger charge is -2.13. The lowest BCUT2D eigenvalue weighted by atomic mass is 10.1. The molecule has 1 aromatic rings. The second-order valence-corrected chi connectivity index (χ2v) is 6.03. The first-order valence-electron chi connectivity index (χ1n) is 6.94. The molecule has 0 amide bonds. The average molecular weight is 271 g/mol. The highest BCUT2D eigenvalue weighted by atomic mass is 32.2. The Labute approximate surface area is 120 Å². The van der Waals surface area contributed by atoms with Gasteiger partial charge >= 0.3 is 0 Å². The van der Waals surface area contributed by atoms with Crippen LogP contribution in [0.1, 0.15) is 31.7 Å². The molecule has 0 bridgehead atoms. The summed E-state index contributed by atoms with van der Waals surface area (Å²) >= 11 is 1.91. The van der Waals surface area contributed by atoms with Gasteiger partial charge in [0.25, 0.3) is 0 Å². The molecule has 1 aliphatic carbocycles. The standard InChI is InChI=1S/C17H21NS/c1-3-12-18-16-10-7-9-14(16)13-15-8-5-6-11-17(15)19-4-2/h1,5-6,8,11,13,16,18H,4,7,9-10,12H2,2H3/b14-13+. The predicted molar refractivity (Wildman–Crippen MR) is 85.3 cm³/mol. The summed E-state index contributed by atoms with van der Waals surface area (Å²) in [6.07, 6.45) is 11.3. The molecule has 0 heterocycles. The van der Waals surface area contributed by atoms with Crippen molar-refractivity contribution < 1.29 is 0 Å². The summed E-state index contributed by atoms with van der Waals surface area (Å²) in [5.41, 5.74) is 2.85. The third kappa shape index (κ3) is 3.89. The van der Waals surface area contributed by atoms with Gasteiger partial charge in [-0.3, -0.25) is 5.32 Å². The van der Waals surface area contributed by atoms with Crippen LogP contribution in [0.2, 0.25) is 0 Å². The van der Waals surface area contributed by atoms with Gasteiger partial charge in [0.1, 0.15) is 0 Å². The average Bonchev–Trinajstić information content (AvgIpc) is 2.86. The summed E-state index contributed by atoms with van der Waals surface area (Å²) in [7, 11) is 0. The molecule has 0 aliphatic heterocycles. The van der Waals surface area contributed by atoms with Gasteiger partial charge < -0.3 is 0 Å². The number of hydrogen-bond donors (Lipinski definition) is 1. The number of terminal acetylenes is 1. The molecule has 0 aromatic heterocycles. The Morgan fingerprint density at radius 3 is 3.11 bits per heavy atom. The Kier molecular flexibility index (Phi) is 5.57. The minimum absolute atomic E-state index is 0.468. The molecule has 1 fully saturated rings. The van der Waals surface area contributed by atoms with E-state index in [1.54, 1.807) is 0 Å². The molecule has 1 N–H and O–H groups in total. The molecule has 2 rings (SSSR count). The molecule has 0 saturated heterocycles. The van der Waals surface area contributed by atoms with Crippen molar-refractivity contribution >= 4 is 17.8 Å². The minimum atomic E-state index is 0.468. The zero-order valence-corrected chi connectivity index (χ0v) is 12.3. The fourth-order valence-electron chi connectivity index (χ4n) is 2.54. The van der Waals surface area contributed by atoms with Crippen molar-refractivity contribution in [3.63, 3.8) is 0 Å². The quantitative estimate of drug-likeness (QED) is 0.642. The van der Waals surface area contributed by atoms with Crippen LogP contribution in [0.4, 0.5) is 0 Å². The van der Waals surface area contributed by atoms with E-state index in [1.165, 1.54) is 35.3 Å². The Morgan fingerprint density at radius 1 is 1.47 bits per heavy atom. The smallest absolute Gasteiger partial charge is 0.0578 e. The molecule has 2 heteroatoms. The zero-order valence-electron chi connectivity index (χ0n) is 11.5. The van der Waals surface area contributed by atoms with Crippen LogP contribution in [-0.4, -0.2) is 18.3 Å². The third-order valence-electron chi connectivity index (χ3n) is 3.42. The van der Waals surface area contributed by atoms with Crippen molar-refractivity contribution in [2.45, 2.75) is 37.1 Å². The normalized spacial score (nSPS) is 20.6. The van der Waals surface area contributed by atoms with Gasteiger partial charge in [-0.15, -0.1) is 18.2 Å². The maximum Gasteiger partial charge on any atom is 0.0578 e. The molecular weight excluding hydrogens is 250 g/mol. The van der Waals surface area contributed by atoms with E-state index in [-0.39, 0.29) is 0 Å². The summed E-state index contributed by atoms with van der Waals surface area (Å²) in [5.74, 6) is 3.78. The number of benzene rings is 1. The van der Waals surface area contributed by atoms with Gasteiger partial charge in [0.05, 0.1) is 6.54 Å². The zero-order chi connectivity index (χ0) is 13.5. The van der Waals surface area contributed by atoms with Crippen molar-refractivity contribution in [2.75, 3.05) is 12.3 Å². The number of thioether (sulfide) groups is 1. The van der Waals surface area contributed by atoms with Gasteiger partial charge in [-0.1, -0.05) is 42.7 Å². The molecule has 1 unspecified atom stereocenters. The molecule has 1 aromatic carbocycles. The van der Waals surface area contributed by atoms with Crippen LogP contribution in [0.25, 0.3) is 6.08 Å². The molecule has 100 valence electrons. The lowest BCUT2D eigenvalue weighted by Crippen LogP contribution is -2.27. The van der Waals surface area contributed by atoms with Gasteiger partial charge in [-0.25, -0.2) is 0 Å². The molecule has 1 nitrogen and oxygen atoms in total. The van der Waals surface area contributed by atoms with E-state index in [1.807, 2.05) is 11.8 Å². The van der Waals surface area contributed by atoms with Crippen molar-refractivity contribution in [3.8, 4) is 12.3 Å². The van der Waals surface area contributed by atoms with Gasteiger partial charge in [-0.05, 0) is 36.6 Å². The predicted octanol–water partition coefficient (Wildman–Crippen LogP) is 3.96. The van der Waals surface area contributed by atoms with Gasteiger partial charge in [0.15, 0.2) is 0 Å². The number of rotatable bonds is 5. The first kappa shape index (κ1) is 14.2. The second kappa shape index (κ2) is 7.43. The highest BCUT2D eigenvalue weighted by Gasteiger charge is 2.20. The fourth-order valence-corrected chi connectivity index (χ4v) is 3.32. The third-order valence-corrected chi connectivity index (χ3v) is 4.39. The topological polar surface area (TPSA) is 12.0 Å². The van der Waals surface area contributed by atoms with E-state index in [0.29, 0.717) is 12.6 Å². The Hall–Kier alpha value is -1.17. The van der Waals surface area contributed by atoms with Crippen LogP contribution in [0.15, 0.2) is 34.7 Å². The van der Waals surface area contributed by atoms with Crippen LogP contribution in [-0.2, 0) is 0 Å². The van der Waals surface area contributed by atoms with Crippen molar-refractivity contribution in [3.05, 3.63) is 35.4 Å². The maximum atomic E-state index is 5.33. The lowest BCUT2D eigenvalue weighted by molar-refractivity contribution is 0.623. The molecule has 1 atom stereocenters. The van der Waals surface area contributed by atoms with Crippen LogP contribution in [0, 0.1) is 12.3 Å². The van der Waals surface area contributed by atoms with Crippen LogP contribution < -0.4 is 5.32 Å². The van der Waals surface area contributed by atoms with E-state index in [4.69, 9.17) is 6.42 Å². The summed E-state index contributed by atoms with van der Waals surface area (Å²) in [4.78, 5) is 1.38. The van der Waals surface area contributed by atoms with Crippen LogP contribution >= 0.6 is 11.8 Å². The van der Waals surface area contributed by atoms with E-state index in [0.717, 1.165) is 5.75 Å². The van der Waals surface area contributed by atoms with E-state index in [2.05, 4.69) is 48.5 Å². The largest absolute Gasteiger partial charge is 0.300 e. The second-order valence-electron chi connectivity index (χ2n) is 4.72. The van der Waals surface area contributed by atoms with Crippen molar-refractivity contribution in [2.24, 2.45) is 0 Å². The van der Waals surface area contributed by atoms with Gasteiger partial charge in [0, 0.05) is 10.9 Å². The molecule has 19 heavy (non-hydrogen) atoms. The monoisotopic (exact) mass is 271 g/mol. The summed E-state index contributed by atoms with van der Waals surface area (Å²) in [6.45, 7) is 2.86. The van der Waals surface area contributed by atoms with E-state index >= 15 is 0 Å². The number of nitrogens with one attached hydrogen (secondary N) is 1. The van der Waals surface area contributed by atoms with Crippen molar-refractivity contribution in [1.29, 1.82) is 0 Å². The highest BCUT2D eigenvalue weighted by molar-refractivity contribution is 7.99. The summed E-state index contributed by atoms with van der Waals surface area (Å²) in [6, 6.07) is 9.12. The Morgan fingerprint density at radius 2 is 2.32 bits per heavy atom. The maximum absolute atomic E-state index is 5.33. The fraction of sp³-hybridized carbons (Fsp3) is 0.412. The minimum Gasteiger partial charge on any atom is -0.300 e. The van der Waals surface area contributed by atoms with E-state index < -0.39 is 0 Å². The summed E-state index contributed by atoms with van der Waals surface area (Å²) < 4.78 is 0. The van der Waals surface area contributed by atoms with Gasteiger partial charge in [-0.2, -0.15) is 0 Å². The molecule has 1 aliphatic rings. The number of hydrogen-bond acceptors (Lipinski definition) is 2. The summed E-state index contributed by atoms with van der Waals surface area (Å²) in [5, 5.41) is 3.44. The molecule has 0 radical (unpaired) electrons. The first-order chi connectivity index (χ1) is 9.35. The SMILES string of the molecule is C#CCNC1CCC/C1=C\c1ccccc1SCC. The molecule has 1 saturated carbocycles. The van der Waals surface area contributed by atoms with Gasteiger partial charge in [0.2, 0.25) is 0 Å². The Balaban J connectivity index is 2.17. The van der Waals surface area contributed by atoms with Crippen LogP contribution in [0.5, 0.6) is 0 Å². The first-order valence-corrected chi connectivity index (χ1v) is 7.93.